The van der Waals surface area contributed by atoms with Gasteiger partial charge < -0.3 is 15.1 Å². The van der Waals surface area contributed by atoms with Gasteiger partial charge in [0.25, 0.3) is 5.56 Å². The number of anilines is 2. The molecule has 2 aliphatic heterocycles. The Morgan fingerprint density at radius 1 is 1.20 bits per heavy atom. The van der Waals surface area contributed by atoms with Crippen LogP contribution >= 0.6 is 0 Å². The molecule has 0 saturated carbocycles. The Morgan fingerprint density at radius 2 is 1.80 bits per heavy atom. The van der Waals surface area contributed by atoms with Crippen LogP contribution in [0.15, 0.2) is 21.7 Å². The summed E-state index contributed by atoms with van der Waals surface area (Å²) in [6, 6.07) is 0. The maximum atomic E-state index is 13.0. The zero-order valence-corrected chi connectivity index (χ0v) is 16.8. The number of hydroxylamine groups is 1. The molecule has 1 unspecified atom stereocenters. The molecule has 0 aromatic carbocycles. The van der Waals surface area contributed by atoms with Gasteiger partial charge >= 0.3 is 17.8 Å². The van der Waals surface area contributed by atoms with Crippen molar-refractivity contribution in [1.82, 2.24) is 19.4 Å². The number of alkyl halides is 3. The summed E-state index contributed by atoms with van der Waals surface area (Å²) in [4.78, 5) is 45.1. The Kier molecular flexibility index (Phi) is 5.69. The van der Waals surface area contributed by atoms with Crippen LogP contribution < -0.4 is 26.5 Å². The van der Waals surface area contributed by atoms with Gasteiger partial charge in [-0.05, 0) is 6.92 Å². The van der Waals surface area contributed by atoms with E-state index in [-0.39, 0.29) is 18.1 Å². The number of aromatic nitrogens is 2. The summed E-state index contributed by atoms with van der Waals surface area (Å²) in [6.45, 7) is 7.57. The first-order valence-electron chi connectivity index (χ1n) is 9.19. The van der Waals surface area contributed by atoms with Crippen molar-refractivity contribution in [3.05, 3.63) is 33.0 Å². The predicted octanol–water partition coefficient (Wildman–Crippen LogP) is -0.504. The number of nitrogens with one attached hydrogen (secondary N) is 1. The van der Waals surface area contributed by atoms with Crippen molar-refractivity contribution in [2.24, 2.45) is 14.1 Å². The summed E-state index contributed by atoms with van der Waals surface area (Å²) in [5.41, 5.74) is -0.884. The quantitative estimate of drug-likeness (QED) is 0.637. The molecule has 2 aliphatic rings. The molecule has 1 aromatic heterocycles. The van der Waals surface area contributed by atoms with Crippen LogP contribution in [0.1, 0.15) is 6.92 Å². The highest BCUT2D eigenvalue weighted by Gasteiger charge is 2.50. The number of hydrogen-bond donors (Lipinski definition) is 1. The van der Waals surface area contributed by atoms with Crippen molar-refractivity contribution in [2.45, 2.75) is 19.4 Å². The first kappa shape index (κ1) is 21.9. The molecule has 0 aliphatic carbocycles. The Hall–Kier alpha value is -2.80. The van der Waals surface area contributed by atoms with Crippen molar-refractivity contribution in [3.63, 3.8) is 0 Å². The van der Waals surface area contributed by atoms with E-state index in [1.807, 2.05) is 0 Å². The van der Waals surface area contributed by atoms with Gasteiger partial charge in [-0.3, -0.25) is 18.8 Å². The lowest BCUT2D eigenvalue weighted by Crippen LogP contribution is -2.61. The predicted molar refractivity (Wildman–Crippen MR) is 102 cm³/mol. The maximum absolute atomic E-state index is 13.0. The van der Waals surface area contributed by atoms with Crippen LogP contribution in [-0.2, 0) is 23.7 Å². The lowest BCUT2D eigenvalue weighted by atomic mass is 10.3. The highest BCUT2D eigenvalue weighted by Crippen LogP contribution is 2.38. The molecule has 10 nitrogen and oxygen atoms in total. The van der Waals surface area contributed by atoms with Crippen molar-refractivity contribution in [1.29, 1.82) is 0 Å². The third kappa shape index (κ3) is 3.69. The summed E-state index contributed by atoms with van der Waals surface area (Å²) in [7, 11) is 2.57. The van der Waals surface area contributed by atoms with Gasteiger partial charge in [0.05, 0.1) is 0 Å². The van der Waals surface area contributed by atoms with E-state index in [1.165, 1.54) is 19.0 Å². The molecule has 1 saturated heterocycles. The van der Waals surface area contributed by atoms with Crippen LogP contribution in [0.3, 0.4) is 0 Å². The van der Waals surface area contributed by atoms with Gasteiger partial charge in [0.2, 0.25) is 0 Å². The Morgan fingerprint density at radius 3 is 2.33 bits per heavy atom. The molecule has 0 radical (unpaired) electrons. The van der Waals surface area contributed by atoms with Gasteiger partial charge in [0, 0.05) is 46.8 Å². The normalized spacial score (nSPS) is 19.7. The summed E-state index contributed by atoms with van der Waals surface area (Å²) in [6.07, 6.45) is -6.31. The van der Waals surface area contributed by atoms with Gasteiger partial charge in [-0.25, -0.2) is 9.59 Å². The summed E-state index contributed by atoms with van der Waals surface area (Å²) in [5, 5.41) is 3.84. The van der Waals surface area contributed by atoms with Crippen molar-refractivity contribution >= 4 is 17.5 Å². The average molecular weight is 432 g/mol. The monoisotopic (exact) mass is 432 g/mol. The summed E-state index contributed by atoms with van der Waals surface area (Å²) < 4.78 is 40.8. The smallest absolute Gasteiger partial charge is 0.327 e. The number of carbonyl (C=O) groups excluding carboxylic acids is 1. The number of piperazine rings is 1. The number of fused-ring (bicyclic) bond motifs is 1. The number of hydrogen-bond acceptors (Lipinski definition) is 8. The van der Waals surface area contributed by atoms with Crippen LogP contribution in [-0.4, -0.2) is 65.2 Å². The lowest BCUT2D eigenvalue weighted by Gasteiger charge is -2.41. The summed E-state index contributed by atoms with van der Waals surface area (Å²) >= 11 is 0. The van der Waals surface area contributed by atoms with E-state index in [2.05, 4.69) is 11.9 Å². The number of nitrogens with zero attached hydrogens (tertiary/aromatic N) is 5. The van der Waals surface area contributed by atoms with E-state index in [4.69, 9.17) is 4.84 Å². The molecule has 0 amide bonds. The van der Waals surface area contributed by atoms with Crippen LogP contribution in [0.5, 0.6) is 0 Å². The molecular formula is C17H23F3N6O4. The van der Waals surface area contributed by atoms with E-state index in [1.54, 1.807) is 11.8 Å². The van der Waals surface area contributed by atoms with Crippen molar-refractivity contribution in [3.8, 4) is 0 Å². The minimum absolute atomic E-state index is 0.0406. The highest BCUT2D eigenvalue weighted by atomic mass is 19.4. The fourth-order valence-electron chi connectivity index (χ4n) is 3.61. The van der Waals surface area contributed by atoms with Crippen LogP contribution in [0.25, 0.3) is 0 Å². The van der Waals surface area contributed by atoms with Crippen LogP contribution in [0, 0.1) is 0 Å². The molecule has 0 bridgehead atoms. The maximum Gasteiger partial charge on any atom is 0.493 e. The third-order valence-corrected chi connectivity index (χ3v) is 4.93. The molecule has 1 fully saturated rings. The fourth-order valence-corrected chi connectivity index (χ4v) is 3.61. The van der Waals surface area contributed by atoms with E-state index < -0.39 is 29.7 Å². The Labute approximate surface area is 169 Å². The Balaban J connectivity index is 2.23. The van der Waals surface area contributed by atoms with Gasteiger partial charge in [0.1, 0.15) is 0 Å². The van der Waals surface area contributed by atoms with Crippen molar-refractivity contribution in [2.75, 3.05) is 42.7 Å². The Bertz CT molecular complexity index is 979. The molecule has 1 atom stereocenters. The topological polar surface area (TPSA) is 92.0 Å². The van der Waals surface area contributed by atoms with Gasteiger partial charge in [0.15, 0.2) is 17.8 Å². The largest absolute Gasteiger partial charge is 0.493 e. The van der Waals surface area contributed by atoms with Gasteiger partial charge in [-0.2, -0.15) is 13.2 Å². The fraction of sp³-hybridized carbons (Fsp3) is 0.588. The second-order valence-corrected chi connectivity index (χ2v) is 7.30. The zero-order chi connectivity index (χ0) is 22.4. The van der Waals surface area contributed by atoms with Gasteiger partial charge in [-0.1, -0.05) is 12.2 Å². The van der Waals surface area contributed by atoms with Crippen LogP contribution in [0.2, 0.25) is 0 Å². The molecule has 3 rings (SSSR count). The molecule has 166 valence electrons. The zero-order valence-electron chi connectivity index (χ0n) is 16.8. The first-order valence-corrected chi connectivity index (χ1v) is 9.19. The molecule has 30 heavy (non-hydrogen) atoms. The molecule has 3 heterocycles. The first-order chi connectivity index (χ1) is 13.9. The number of rotatable bonds is 4. The van der Waals surface area contributed by atoms with E-state index in [0.29, 0.717) is 36.8 Å². The van der Waals surface area contributed by atoms with Gasteiger partial charge in [-0.15, -0.1) is 5.06 Å². The molecule has 1 N–H and O–H groups in total. The molecule has 1 aromatic rings. The second kappa shape index (κ2) is 7.80. The molecule has 13 heteroatoms. The summed E-state index contributed by atoms with van der Waals surface area (Å²) in [5.74, 6) is -2.66. The lowest BCUT2D eigenvalue weighted by molar-refractivity contribution is -0.203. The van der Waals surface area contributed by atoms with Crippen LogP contribution in [0.4, 0.5) is 24.7 Å². The average Bonchev–Trinajstić information content (AvgIpc) is 2.97. The van der Waals surface area contributed by atoms with Crippen molar-refractivity contribution < 1.29 is 22.8 Å². The SMILES string of the molecule is C=C(C)CN1c2c(n(C)c(=O)n(C)c2=O)N(OC(=O)C(F)(F)F)C1N1CCNCC1. The third-order valence-electron chi connectivity index (χ3n) is 4.93. The number of halogens is 3. The van der Waals surface area contributed by atoms with E-state index in [9.17, 15) is 27.6 Å². The minimum atomic E-state index is -5.26. The second-order valence-electron chi connectivity index (χ2n) is 7.30. The molecular weight excluding hydrogens is 409 g/mol. The van der Waals surface area contributed by atoms with E-state index in [0.717, 1.165) is 9.13 Å². The highest BCUT2D eigenvalue weighted by molar-refractivity contribution is 5.80. The minimum Gasteiger partial charge on any atom is -0.327 e. The number of carbonyl (C=O) groups is 1. The molecule has 0 spiro atoms. The van der Waals surface area contributed by atoms with E-state index >= 15 is 0 Å². The standard InChI is InChI=1S/C17H23F3N6O4/c1-10(2)9-25-11-12(22(3)16(29)23(4)13(11)27)26(30-14(28)17(18,19)20)15(25)24-7-5-21-6-8-24/h15,21H,1,5-9H2,2-4H3.